The summed E-state index contributed by atoms with van der Waals surface area (Å²) < 4.78 is 15.0. The number of nitrogens with zero attached hydrogens (tertiary/aromatic N) is 4. The molecule has 32 heavy (non-hydrogen) atoms. The number of pyridine rings is 2. The van der Waals surface area contributed by atoms with Gasteiger partial charge in [0.05, 0.1) is 13.1 Å². The number of aromatic nitrogens is 2. The molecule has 3 heterocycles. The summed E-state index contributed by atoms with van der Waals surface area (Å²) in [6.45, 7) is 9.64. The molecule has 6 heteroatoms. The zero-order valence-electron chi connectivity index (χ0n) is 17.5. The van der Waals surface area contributed by atoms with Gasteiger partial charge in [-0.1, -0.05) is 36.4 Å². The van der Waals surface area contributed by atoms with E-state index in [1.807, 2.05) is 30.3 Å². The van der Waals surface area contributed by atoms with Crippen molar-refractivity contribution in [2.75, 3.05) is 6.54 Å². The Kier molecular flexibility index (Phi) is 5.26. The van der Waals surface area contributed by atoms with Crippen LogP contribution in [0.25, 0.3) is 15.9 Å². The van der Waals surface area contributed by atoms with Gasteiger partial charge in [0.25, 0.3) is 5.56 Å². The summed E-state index contributed by atoms with van der Waals surface area (Å²) in [6.07, 6.45) is 2.47. The second kappa shape index (κ2) is 8.37. The quantitative estimate of drug-likeness (QED) is 0.446. The van der Waals surface area contributed by atoms with Crippen LogP contribution in [0.15, 0.2) is 71.7 Å². The first-order valence-electron chi connectivity index (χ1n) is 10.5. The van der Waals surface area contributed by atoms with E-state index in [0.717, 1.165) is 40.6 Å². The Balaban J connectivity index is 1.53. The number of hydrogen-bond donors (Lipinski definition) is 0. The van der Waals surface area contributed by atoms with Crippen LogP contribution in [0.4, 0.5) is 10.1 Å². The van der Waals surface area contributed by atoms with Crippen molar-refractivity contribution in [2.24, 2.45) is 0 Å². The molecule has 2 aromatic carbocycles. The Labute approximate surface area is 185 Å². The van der Waals surface area contributed by atoms with Gasteiger partial charge in [0.15, 0.2) is 5.69 Å². The predicted octanol–water partition coefficient (Wildman–Crippen LogP) is 4.69. The maximum Gasteiger partial charge on any atom is 0.257 e. The van der Waals surface area contributed by atoms with Gasteiger partial charge in [0, 0.05) is 36.8 Å². The summed E-state index contributed by atoms with van der Waals surface area (Å²) in [6, 6.07) is 17.8. The van der Waals surface area contributed by atoms with E-state index >= 15 is 0 Å². The lowest BCUT2D eigenvalue weighted by molar-refractivity contribution is 0.244. The van der Waals surface area contributed by atoms with Crippen molar-refractivity contribution < 1.29 is 4.39 Å². The van der Waals surface area contributed by atoms with Gasteiger partial charge >= 0.3 is 0 Å². The van der Waals surface area contributed by atoms with Crippen LogP contribution < -0.4 is 5.56 Å². The van der Waals surface area contributed by atoms with E-state index in [1.165, 1.54) is 12.1 Å². The molecule has 158 valence electrons. The molecule has 0 spiro atoms. The second-order valence-corrected chi connectivity index (χ2v) is 8.09. The van der Waals surface area contributed by atoms with Crippen molar-refractivity contribution in [3.8, 4) is 0 Å². The summed E-state index contributed by atoms with van der Waals surface area (Å²) in [5, 5.41) is 0.999. The lowest BCUT2D eigenvalue weighted by Gasteiger charge is -2.30. The number of rotatable bonds is 4. The lowest BCUT2D eigenvalue weighted by Crippen LogP contribution is -2.37. The third kappa shape index (κ3) is 3.79. The van der Waals surface area contributed by atoms with Gasteiger partial charge in [-0.05, 0) is 47.4 Å². The SMILES string of the molecule is [C-]#[N+]c1cccc(CN2CCc3c(c(=O)n(Cc4ccc(F)cc4)c4ncccc34)C2)c1. The molecule has 0 unspecified atom stereocenters. The molecular weight excluding hydrogens is 403 g/mol. The van der Waals surface area contributed by atoms with E-state index in [4.69, 9.17) is 6.57 Å². The van der Waals surface area contributed by atoms with Crippen molar-refractivity contribution in [1.82, 2.24) is 14.5 Å². The number of hydrogen-bond acceptors (Lipinski definition) is 3. The molecule has 0 bridgehead atoms. The Morgan fingerprint density at radius 3 is 2.66 bits per heavy atom. The molecule has 0 atom stereocenters. The van der Waals surface area contributed by atoms with Crippen LogP contribution in [0.5, 0.6) is 0 Å². The number of halogens is 1. The Bertz CT molecular complexity index is 1400. The first-order chi connectivity index (χ1) is 15.6. The Morgan fingerprint density at radius 1 is 1.00 bits per heavy atom. The average Bonchev–Trinajstić information content (AvgIpc) is 2.83. The van der Waals surface area contributed by atoms with Crippen LogP contribution in [-0.4, -0.2) is 21.0 Å². The zero-order chi connectivity index (χ0) is 22.1. The van der Waals surface area contributed by atoms with E-state index in [9.17, 15) is 9.18 Å². The third-order valence-corrected chi connectivity index (χ3v) is 5.99. The fourth-order valence-corrected chi connectivity index (χ4v) is 4.46. The average molecular weight is 424 g/mol. The molecule has 0 N–H and O–H groups in total. The zero-order valence-corrected chi connectivity index (χ0v) is 17.5. The molecular formula is C26H21FN4O. The van der Waals surface area contributed by atoms with Gasteiger partial charge in [0.2, 0.25) is 0 Å². The molecule has 4 aromatic rings. The van der Waals surface area contributed by atoms with E-state index < -0.39 is 0 Å². The van der Waals surface area contributed by atoms with Gasteiger partial charge in [-0.25, -0.2) is 14.2 Å². The van der Waals surface area contributed by atoms with E-state index in [1.54, 1.807) is 29.0 Å². The molecule has 1 aliphatic rings. The van der Waals surface area contributed by atoms with E-state index in [0.29, 0.717) is 31.0 Å². The maximum atomic E-state index is 13.6. The monoisotopic (exact) mass is 424 g/mol. The first kappa shape index (κ1) is 20.1. The molecule has 5 nitrogen and oxygen atoms in total. The fraction of sp³-hybridized carbons (Fsp3) is 0.192. The Morgan fingerprint density at radius 2 is 1.84 bits per heavy atom. The van der Waals surface area contributed by atoms with Crippen molar-refractivity contribution in [1.29, 1.82) is 0 Å². The normalized spacial score (nSPS) is 13.6. The molecule has 0 amide bonds. The topological polar surface area (TPSA) is 42.5 Å². The molecule has 0 radical (unpaired) electrons. The minimum absolute atomic E-state index is 0.0462. The highest BCUT2D eigenvalue weighted by Crippen LogP contribution is 2.26. The van der Waals surface area contributed by atoms with Crippen LogP contribution in [-0.2, 0) is 26.1 Å². The van der Waals surface area contributed by atoms with E-state index in [2.05, 4.69) is 14.7 Å². The minimum atomic E-state index is -0.299. The van der Waals surface area contributed by atoms with Crippen LogP contribution in [0, 0.1) is 12.4 Å². The van der Waals surface area contributed by atoms with Crippen LogP contribution >= 0.6 is 0 Å². The maximum absolute atomic E-state index is 13.6. The van der Waals surface area contributed by atoms with Crippen LogP contribution in [0.3, 0.4) is 0 Å². The highest BCUT2D eigenvalue weighted by molar-refractivity contribution is 5.80. The lowest BCUT2D eigenvalue weighted by atomic mass is 9.97. The molecule has 0 saturated heterocycles. The standard InChI is InChI=1S/C26H21FN4O/c1-28-21-5-2-4-19(14-21)15-30-13-11-22-23-6-3-12-29-25(23)31(26(32)24(22)17-30)16-18-7-9-20(27)10-8-18/h2-10,12,14H,11,13,15-17H2. The van der Waals surface area contributed by atoms with Gasteiger partial charge in [-0.3, -0.25) is 14.3 Å². The largest absolute Gasteiger partial charge is 0.294 e. The van der Waals surface area contributed by atoms with Gasteiger partial charge < -0.3 is 0 Å². The van der Waals surface area contributed by atoms with E-state index in [-0.39, 0.29) is 11.4 Å². The van der Waals surface area contributed by atoms with Crippen LogP contribution in [0.1, 0.15) is 22.3 Å². The fourth-order valence-electron chi connectivity index (χ4n) is 4.46. The van der Waals surface area contributed by atoms with Gasteiger partial charge in [-0.2, -0.15) is 0 Å². The van der Waals surface area contributed by atoms with Crippen molar-refractivity contribution in [3.05, 3.63) is 117 Å². The molecule has 0 aliphatic carbocycles. The smallest absolute Gasteiger partial charge is 0.257 e. The molecule has 0 fully saturated rings. The van der Waals surface area contributed by atoms with Crippen LogP contribution in [0.2, 0.25) is 0 Å². The summed E-state index contributed by atoms with van der Waals surface area (Å²) >= 11 is 0. The van der Waals surface area contributed by atoms with Crippen molar-refractivity contribution in [3.63, 3.8) is 0 Å². The summed E-state index contributed by atoms with van der Waals surface area (Å²) in [4.78, 5) is 23.9. The van der Waals surface area contributed by atoms with Gasteiger partial charge in [-0.15, -0.1) is 0 Å². The second-order valence-electron chi connectivity index (χ2n) is 8.09. The first-order valence-corrected chi connectivity index (χ1v) is 10.5. The van der Waals surface area contributed by atoms with Crippen molar-refractivity contribution in [2.45, 2.75) is 26.1 Å². The van der Waals surface area contributed by atoms with Crippen molar-refractivity contribution >= 4 is 16.7 Å². The summed E-state index contributed by atoms with van der Waals surface area (Å²) in [7, 11) is 0. The number of benzene rings is 2. The Hall–Kier alpha value is -3.82. The third-order valence-electron chi connectivity index (χ3n) is 5.99. The highest BCUT2D eigenvalue weighted by Gasteiger charge is 2.24. The summed E-state index contributed by atoms with van der Waals surface area (Å²) in [5.74, 6) is -0.299. The summed E-state index contributed by atoms with van der Waals surface area (Å²) in [5.41, 5.74) is 5.02. The minimum Gasteiger partial charge on any atom is -0.294 e. The molecule has 2 aromatic heterocycles. The molecule has 0 saturated carbocycles. The highest BCUT2D eigenvalue weighted by atomic mass is 19.1. The predicted molar refractivity (Wildman–Crippen MR) is 122 cm³/mol. The molecule has 1 aliphatic heterocycles. The number of fused-ring (bicyclic) bond motifs is 3. The molecule has 5 rings (SSSR count). The van der Waals surface area contributed by atoms with Gasteiger partial charge in [0.1, 0.15) is 11.5 Å².